The second-order valence-corrected chi connectivity index (χ2v) is 4.10. The predicted molar refractivity (Wildman–Crippen MR) is 82.5 cm³/mol. The molecule has 0 unspecified atom stereocenters. The third-order valence-corrected chi connectivity index (χ3v) is 2.45. The molecule has 0 aliphatic carbocycles. The quantitative estimate of drug-likeness (QED) is 0.655. The third kappa shape index (κ3) is 5.51. The van der Waals surface area contributed by atoms with Crippen LogP contribution in [0.2, 0.25) is 0 Å². The Morgan fingerprint density at radius 2 is 1.44 bits per heavy atom. The van der Waals surface area contributed by atoms with Gasteiger partial charge in [0.1, 0.15) is 0 Å². The summed E-state index contributed by atoms with van der Waals surface area (Å²) in [6.07, 6.45) is 1.85. The molecule has 0 radical (unpaired) electrons. The summed E-state index contributed by atoms with van der Waals surface area (Å²) in [5, 5.41) is 0. The Bertz CT molecular complexity index is 484. The molecule has 0 atom stereocenters. The lowest BCUT2D eigenvalue weighted by atomic mass is 10.1. The second-order valence-electron chi connectivity index (χ2n) is 3.85. The van der Waals surface area contributed by atoms with Crippen LogP contribution in [0.1, 0.15) is 18.1 Å². The molecule has 0 amide bonds. The molecule has 0 nitrogen and oxygen atoms in total. The fourth-order valence-electron chi connectivity index (χ4n) is 1.36. The van der Waals surface area contributed by atoms with Crippen molar-refractivity contribution >= 4 is 23.3 Å². The van der Waals surface area contributed by atoms with E-state index in [1.165, 1.54) is 11.1 Å². The van der Waals surface area contributed by atoms with Crippen LogP contribution in [0.4, 0.5) is 0 Å². The maximum absolute atomic E-state index is 5.36. The SMILES string of the molecule is C=C(C)c1ccccc1.ClC=Cc1ccccc1. The first-order valence-corrected chi connectivity index (χ1v) is 6.20. The molecular weight excluding hydrogens is 240 g/mol. The lowest BCUT2D eigenvalue weighted by molar-refractivity contribution is 1.58. The van der Waals surface area contributed by atoms with Crippen molar-refractivity contribution in [1.29, 1.82) is 0 Å². The average molecular weight is 257 g/mol. The summed E-state index contributed by atoms with van der Waals surface area (Å²) < 4.78 is 0. The molecule has 0 N–H and O–H groups in total. The van der Waals surface area contributed by atoms with E-state index in [2.05, 4.69) is 18.7 Å². The summed E-state index contributed by atoms with van der Waals surface area (Å²) in [7, 11) is 0. The lowest BCUT2D eigenvalue weighted by Gasteiger charge is -1.94. The van der Waals surface area contributed by atoms with Gasteiger partial charge in [-0.2, -0.15) is 0 Å². The van der Waals surface area contributed by atoms with E-state index in [9.17, 15) is 0 Å². The van der Waals surface area contributed by atoms with Crippen LogP contribution in [-0.4, -0.2) is 0 Å². The molecule has 92 valence electrons. The number of rotatable bonds is 2. The number of halogens is 1. The van der Waals surface area contributed by atoms with Gasteiger partial charge in [-0.15, -0.1) is 0 Å². The van der Waals surface area contributed by atoms with Gasteiger partial charge in [0, 0.05) is 5.54 Å². The van der Waals surface area contributed by atoms with E-state index in [1.54, 1.807) is 0 Å². The first-order valence-electron chi connectivity index (χ1n) is 5.77. The van der Waals surface area contributed by atoms with Gasteiger partial charge in [-0.25, -0.2) is 0 Å². The van der Waals surface area contributed by atoms with Crippen molar-refractivity contribution in [3.8, 4) is 0 Å². The minimum atomic E-state index is 1.12. The molecular formula is C17H17Cl. The van der Waals surface area contributed by atoms with Crippen molar-refractivity contribution in [2.75, 3.05) is 0 Å². The highest BCUT2D eigenvalue weighted by molar-refractivity contribution is 6.27. The van der Waals surface area contributed by atoms with Crippen LogP contribution >= 0.6 is 11.6 Å². The fraction of sp³-hybridized carbons (Fsp3) is 0.0588. The predicted octanol–water partition coefficient (Wildman–Crippen LogP) is 5.62. The number of allylic oxidation sites excluding steroid dienone is 1. The summed E-state index contributed by atoms with van der Waals surface area (Å²) in [4.78, 5) is 0. The van der Waals surface area contributed by atoms with Crippen molar-refractivity contribution in [2.24, 2.45) is 0 Å². The maximum Gasteiger partial charge on any atom is 0.00484 e. The van der Waals surface area contributed by atoms with E-state index in [-0.39, 0.29) is 0 Å². The van der Waals surface area contributed by atoms with Crippen molar-refractivity contribution < 1.29 is 0 Å². The fourth-order valence-corrected chi connectivity index (χ4v) is 1.51. The smallest absolute Gasteiger partial charge is 0.00484 e. The zero-order valence-corrected chi connectivity index (χ0v) is 11.3. The third-order valence-electron chi connectivity index (χ3n) is 2.32. The highest BCUT2D eigenvalue weighted by Gasteiger charge is 1.86. The topological polar surface area (TPSA) is 0 Å². The van der Waals surface area contributed by atoms with Gasteiger partial charge < -0.3 is 0 Å². The molecule has 18 heavy (non-hydrogen) atoms. The second kappa shape index (κ2) is 8.32. The van der Waals surface area contributed by atoms with Crippen molar-refractivity contribution in [1.82, 2.24) is 0 Å². The van der Waals surface area contributed by atoms with Gasteiger partial charge in [0.2, 0.25) is 0 Å². The molecule has 0 aromatic heterocycles. The van der Waals surface area contributed by atoms with Crippen molar-refractivity contribution in [3.05, 3.63) is 83.9 Å². The normalized spacial score (nSPS) is 9.67. The standard InChI is InChI=1S/C9H10.C8H7Cl/c1-8(2)9-6-4-3-5-7-9;9-7-6-8-4-2-1-3-5-8/h3-7H,1H2,2H3;1-7H. The molecule has 1 heteroatoms. The molecule has 2 aromatic rings. The van der Waals surface area contributed by atoms with E-state index >= 15 is 0 Å². The Labute approximate surface area is 114 Å². The van der Waals surface area contributed by atoms with Crippen LogP contribution in [0, 0.1) is 0 Å². The molecule has 2 rings (SSSR count). The summed E-state index contributed by atoms with van der Waals surface area (Å²) in [5.41, 5.74) is 4.98. The minimum absolute atomic E-state index is 1.12. The van der Waals surface area contributed by atoms with E-state index in [4.69, 9.17) is 11.6 Å². The van der Waals surface area contributed by atoms with E-state index in [0.29, 0.717) is 0 Å². The van der Waals surface area contributed by atoms with Crippen LogP contribution < -0.4 is 0 Å². The average Bonchev–Trinajstić information content (AvgIpc) is 2.42. The van der Waals surface area contributed by atoms with Crippen LogP contribution in [-0.2, 0) is 0 Å². The summed E-state index contributed by atoms with van der Waals surface area (Å²) in [6.45, 7) is 5.83. The van der Waals surface area contributed by atoms with E-state index < -0.39 is 0 Å². The Kier molecular flexibility index (Phi) is 6.60. The van der Waals surface area contributed by atoms with Crippen LogP contribution in [0.3, 0.4) is 0 Å². The Balaban J connectivity index is 0.000000180. The molecule has 0 saturated heterocycles. The first kappa shape index (κ1) is 14.3. The zero-order chi connectivity index (χ0) is 13.2. The first-order chi connectivity index (χ1) is 8.74. The van der Waals surface area contributed by atoms with Gasteiger partial charge in [-0.1, -0.05) is 84.4 Å². The van der Waals surface area contributed by atoms with Crippen molar-refractivity contribution in [2.45, 2.75) is 6.92 Å². The van der Waals surface area contributed by atoms with Gasteiger partial charge in [0.15, 0.2) is 0 Å². The van der Waals surface area contributed by atoms with Gasteiger partial charge in [0.25, 0.3) is 0 Å². The molecule has 0 aliphatic heterocycles. The molecule has 0 fully saturated rings. The van der Waals surface area contributed by atoms with Crippen LogP contribution in [0.15, 0.2) is 72.8 Å². The molecule has 0 spiro atoms. The van der Waals surface area contributed by atoms with Crippen LogP contribution in [0.5, 0.6) is 0 Å². The summed E-state index contributed by atoms with van der Waals surface area (Å²) in [6, 6.07) is 20.1. The Hall–Kier alpha value is -1.79. The van der Waals surface area contributed by atoms with Gasteiger partial charge in [-0.3, -0.25) is 0 Å². The van der Waals surface area contributed by atoms with Gasteiger partial charge in [-0.05, 0) is 24.1 Å². The molecule has 0 aliphatic rings. The van der Waals surface area contributed by atoms with E-state index in [0.717, 1.165) is 11.1 Å². The van der Waals surface area contributed by atoms with E-state index in [1.807, 2.05) is 61.5 Å². The molecule has 0 saturated carbocycles. The number of hydrogen-bond donors (Lipinski definition) is 0. The molecule has 2 aromatic carbocycles. The summed E-state index contributed by atoms with van der Waals surface area (Å²) in [5.74, 6) is 0. The van der Waals surface area contributed by atoms with Crippen LogP contribution in [0.25, 0.3) is 11.6 Å². The number of hydrogen-bond acceptors (Lipinski definition) is 0. The highest BCUT2D eigenvalue weighted by atomic mass is 35.5. The van der Waals surface area contributed by atoms with Gasteiger partial charge >= 0.3 is 0 Å². The lowest BCUT2D eigenvalue weighted by Crippen LogP contribution is -1.72. The monoisotopic (exact) mass is 256 g/mol. The molecule has 0 bridgehead atoms. The summed E-state index contributed by atoms with van der Waals surface area (Å²) >= 11 is 5.36. The van der Waals surface area contributed by atoms with Crippen molar-refractivity contribution in [3.63, 3.8) is 0 Å². The number of benzene rings is 2. The zero-order valence-electron chi connectivity index (χ0n) is 10.5. The highest BCUT2D eigenvalue weighted by Crippen LogP contribution is 2.08. The Morgan fingerprint density at radius 1 is 0.944 bits per heavy atom. The molecule has 0 heterocycles. The largest absolute Gasteiger partial charge is 0.0955 e. The Morgan fingerprint density at radius 3 is 1.83 bits per heavy atom. The van der Waals surface area contributed by atoms with Gasteiger partial charge in [0.05, 0.1) is 0 Å². The maximum atomic E-state index is 5.36. The minimum Gasteiger partial charge on any atom is -0.0955 e.